The SMILES string of the molecule is OB(O)c1cccc2oc3cc(-c4cccc5ccccc45)ccc3c12. The van der Waals surface area contributed by atoms with Crippen LogP contribution in [0.15, 0.2) is 83.3 Å². The van der Waals surface area contributed by atoms with Crippen LogP contribution in [0.5, 0.6) is 0 Å². The number of hydrogen-bond acceptors (Lipinski definition) is 3. The number of benzene rings is 4. The molecule has 0 unspecified atom stereocenters. The van der Waals surface area contributed by atoms with E-state index in [2.05, 4.69) is 36.4 Å². The quantitative estimate of drug-likeness (QED) is 0.477. The Morgan fingerprint density at radius 2 is 1.50 bits per heavy atom. The maximum absolute atomic E-state index is 9.66. The van der Waals surface area contributed by atoms with Crippen LogP contribution in [0.3, 0.4) is 0 Å². The molecule has 0 fully saturated rings. The highest BCUT2D eigenvalue weighted by Crippen LogP contribution is 2.34. The first-order valence-electron chi connectivity index (χ1n) is 8.52. The topological polar surface area (TPSA) is 53.6 Å². The minimum absolute atomic E-state index is 0.458. The van der Waals surface area contributed by atoms with Gasteiger partial charge >= 0.3 is 7.12 Å². The zero-order valence-electron chi connectivity index (χ0n) is 13.9. The third-order valence-electron chi connectivity index (χ3n) is 4.91. The van der Waals surface area contributed by atoms with E-state index in [1.54, 1.807) is 12.1 Å². The summed E-state index contributed by atoms with van der Waals surface area (Å²) in [7, 11) is -1.53. The Kier molecular flexibility index (Phi) is 3.35. The zero-order chi connectivity index (χ0) is 17.7. The molecule has 3 nitrogen and oxygen atoms in total. The average molecular weight is 338 g/mol. The van der Waals surface area contributed by atoms with Crippen molar-refractivity contribution in [1.29, 1.82) is 0 Å². The largest absolute Gasteiger partial charge is 0.489 e. The van der Waals surface area contributed by atoms with Crippen molar-refractivity contribution in [1.82, 2.24) is 0 Å². The third-order valence-corrected chi connectivity index (χ3v) is 4.91. The molecule has 0 saturated carbocycles. The summed E-state index contributed by atoms with van der Waals surface area (Å²) in [5.74, 6) is 0. The fourth-order valence-electron chi connectivity index (χ4n) is 3.71. The second-order valence-electron chi connectivity index (χ2n) is 6.43. The van der Waals surface area contributed by atoms with E-state index in [0.717, 1.165) is 27.5 Å². The molecule has 5 rings (SSSR count). The normalized spacial score (nSPS) is 11.5. The molecule has 26 heavy (non-hydrogen) atoms. The first-order valence-corrected chi connectivity index (χ1v) is 8.52. The van der Waals surface area contributed by atoms with Crippen LogP contribution in [0.2, 0.25) is 0 Å². The molecule has 0 bridgehead atoms. The number of rotatable bonds is 2. The Balaban J connectivity index is 1.79. The molecule has 0 spiro atoms. The Labute approximate surface area is 150 Å². The highest BCUT2D eigenvalue weighted by molar-refractivity contribution is 6.62. The predicted octanol–water partition coefficient (Wildman–Crippen LogP) is 4.09. The molecule has 0 radical (unpaired) electrons. The van der Waals surface area contributed by atoms with E-state index in [-0.39, 0.29) is 0 Å². The summed E-state index contributed by atoms with van der Waals surface area (Å²) in [5, 5.41) is 23.3. The van der Waals surface area contributed by atoms with E-state index in [0.29, 0.717) is 11.0 Å². The van der Waals surface area contributed by atoms with Crippen LogP contribution in [0.4, 0.5) is 0 Å². The van der Waals surface area contributed by atoms with E-state index in [4.69, 9.17) is 4.42 Å². The summed E-state index contributed by atoms with van der Waals surface area (Å²) >= 11 is 0. The molecule has 0 amide bonds. The molecule has 0 aliphatic rings. The molecule has 0 aliphatic heterocycles. The molecular weight excluding hydrogens is 323 g/mol. The lowest BCUT2D eigenvalue weighted by atomic mass is 9.77. The second-order valence-corrected chi connectivity index (χ2v) is 6.43. The first kappa shape index (κ1) is 15.2. The van der Waals surface area contributed by atoms with Gasteiger partial charge < -0.3 is 14.5 Å². The van der Waals surface area contributed by atoms with Crippen molar-refractivity contribution < 1.29 is 14.5 Å². The van der Waals surface area contributed by atoms with Crippen LogP contribution in [-0.2, 0) is 0 Å². The van der Waals surface area contributed by atoms with Crippen molar-refractivity contribution in [3.05, 3.63) is 78.9 Å². The second kappa shape index (κ2) is 5.73. The van der Waals surface area contributed by atoms with E-state index < -0.39 is 7.12 Å². The Hall–Kier alpha value is -3.08. The van der Waals surface area contributed by atoms with Gasteiger partial charge in [-0.2, -0.15) is 0 Å². The van der Waals surface area contributed by atoms with Crippen molar-refractivity contribution in [2.75, 3.05) is 0 Å². The zero-order valence-corrected chi connectivity index (χ0v) is 13.9. The van der Waals surface area contributed by atoms with E-state index in [1.807, 2.05) is 30.3 Å². The molecule has 4 aromatic carbocycles. The fraction of sp³-hybridized carbons (Fsp3) is 0. The highest BCUT2D eigenvalue weighted by atomic mass is 16.4. The van der Waals surface area contributed by atoms with Crippen LogP contribution in [0.25, 0.3) is 43.8 Å². The minimum atomic E-state index is -1.53. The molecule has 5 aromatic rings. The molecule has 1 heterocycles. The monoisotopic (exact) mass is 338 g/mol. The van der Waals surface area contributed by atoms with Crippen molar-refractivity contribution in [3.63, 3.8) is 0 Å². The van der Waals surface area contributed by atoms with E-state index in [9.17, 15) is 10.0 Å². The summed E-state index contributed by atoms with van der Waals surface area (Å²) in [5.41, 5.74) is 4.06. The van der Waals surface area contributed by atoms with Crippen molar-refractivity contribution in [3.8, 4) is 11.1 Å². The molecule has 124 valence electrons. The van der Waals surface area contributed by atoms with Crippen LogP contribution in [0, 0.1) is 0 Å². The van der Waals surface area contributed by atoms with Crippen LogP contribution < -0.4 is 5.46 Å². The van der Waals surface area contributed by atoms with Gasteiger partial charge in [0.05, 0.1) is 0 Å². The van der Waals surface area contributed by atoms with Gasteiger partial charge in [0, 0.05) is 10.8 Å². The smallest absolute Gasteiger partial charge is 0.456 e. The lowest BCUT2D eigenvalue weighted by Gasteiger charge is -2.07. The minimum Gasteiger partial charge on any atom is -0.456 e. The maximum atomic E-state index is 9.66. The lowest BCUT2D eigenvalue weighted by molar-refractivity contribution is 0.426. The number of fused-ring (bicyclic) bond motifs is 4. The first-order chi connectivity index (χ1) is 12.7. The van der Waals surface area contributed by atoms with Gasteiger partial charge in [-0.05, 0) is 45.6 Å². The standard InChI is InChI=1S/C22H15BO3/c24-23(25)19-9-4-10-20-22(19)18-12-11-15(13-21(18)26-20)17-8-3-6-14-5-1-2-7-16(14)17/h1-13,24-25H. The highest BCUT2D eigenvalue weighted by Gasteiger charge is 2.19. The Bertz CT molecular complexity index is 1270. The summed E-state index contributed by atoms with van der Waals surface area (Å²) in [6, 6.07) is 26.0. The van der Waals surface area contributed by atoms with Crippen LogP contribution in [-0.4, -0.2) is 17.2 Å². The number of furan rings is 1. The van der Waals surface area contributed by atoms with Crippen molar-refractivity contribution in [2.24, 2.45) is 0 Å². The fourth-order valence-corrected chi connectivity index (χ4v) is 3.71. The Morgan fingerprint density at radius 3 is 2.38 bits per heavy atom. The maximum Gasteiger partial charge on any atom is 0.489 e. The van der Waals surface area contributed by atoms with Gasteiger partial charge in [0.25, 0.3) is 0 Å². The molecule has 1 aromatic heterocycles. The Morgan fingerprint density at radius 1 is 0.692 bits per heavy atom. The molecule has 0 atom stereocenters. The molecule has 0 aliphatic carbocycles. The molecular formula is C22H15BO3. The van der Waals surface area contributed by atoms with Gasteiger partial charge in [-0.15, -0.1) is 0 Å². The van der Waals surface area contributed by atoms with Gasteiger partial charge in [-0.25, -0.2) is 0 Å². The molecule has 4 heteroatoms. The van der Waals surface area contributed by atoms with Crippen molar-refractivity contribution in [2.45, 2.75) is 0 Å². The van der Waals surface area contributed by atoms with Gasteiger partial charge in [0.2, 0.25) is 0 Å². The van der Waals surface area contributed by atoms with Gasteiger partial charge in [0.15, 0.2) is 0 Å². The van der Waals surface area contributed by atoms with Crippen LogP contribution in [0.1, 0.15) is 0 Å². The number of hydrogen-bond donors (Lipinski definition) is 2. The predicted molar refractivity (Wildman–Crippen MR) is 106 cm³/mol. The summed E-state index contributed by atoms with van der Waals surface area (Å²) in [4.78, 5) is 0. The lowest BCUT2D eigenvalue weighted by Crippen LogP contribution is -2.30. The van der Waals surface area contributed by atoms with E-state index in [1.165, 1.54) is 10.8 Å². The van der Waals surface area contributed by atoms with Gasteiger partial charge in [-0.3, -0.25) is 0 Å². The van der Waals surface area contributed by atoms with Gasteiger partial charge in [-0.1, -0.05) is 60.7 Å². The van der Waals surface area contributed by atoms with Gasteiger partial charge in [0.1, 0.15) is 11.2 Å². The summed E-state index contributed by atoms with van der Waals surface area (Å²) in [6.07, 6.45) is 0. The third kappa shape index (κ3) is 2.24. The van der Waals surface area contributed by atoms with E-state index >= 15 is 0 Å². The summed E-state index contributed by atoms with van der Waals surface area (Å²) < 4.78 is 6.00. The summed E-state index contributed by atoms with van der Waals surface area (Å²) in [6.45, 7) is 0. The molecule has 0 saturated heterocycles. The van der Waals surface area contributed by atoms with Crippen molar-refractivity contribution >= 4 is 45.3 Å². The molecule has 2 N–H and O–H groups in total. The van der Waals surface area contributed by atoms with Crippen LogP contribution >= 0.6 is 0 Å². The average Bonchev–Trinajstić information content (AvgIpc) is 3.05.